The molecule has 1 fully saturated rings. The Kier molecular flexibility index (Phi) is 4.64. The van der Waals surface area contributed by atoms with Crippen LogP contribution in [-0.4, -0.2) is 51.3 Å². The van der Waals surface area contributed by atoms with E-state index in [0.717, 1.165) is 22.0 Å². The summed E-state index contributed by atoms with van der Waals surface area (Å²) < 4.78 is 7.09. The Morgan fingerprint density at radius 3 is 2.67 bits per heavy atom. The van der Waals surface area contributed by atoms with Crippen molar-refractivity contribution in [2.24, 2.45) is 5.92 Å². The minimum atomic E-state index is -1.02. The zero-order valence-electron chi connectivity index (χ0n) is 13.8. The lowest BCUT2D eigenvalue weighted by atomic mass is 9.91. The molecule has 0 radical (unpaired) electrons. The van der Waals surface area contributed by atoms with Gasteiger partial charge >= 0.3 is 0 Å². The molecule has 0 bridgehead atoms. The summed E-state index contributed by atoms with van der Waals surface area (Å²) in [5.74, 6) is -0.483. The standard InChI is InChI=1S/C18H23NO5/c1-10(2)13-8-19(14-7-5-4-6-12(13)14)24-18-17(22)11(3)16(21)15(9-20)23-18/h4-8,11,15-18,20-22H,1,9H2,2-3H3/t11-,15+,16-,17+,18?/m0/s1. The average molecular weight is 333 g/mol. The second-order valence-corrected chi connectivity index (χ2v) is 6.34. The van der Waals surface area contributed by atoms with E-state index in [1.807, 2.05) is 31.2 Å². The number of fused-ring (bicyclic) bond motifs is 1. The Morgan fingerprint density at radius 1 is 1.29 bits per heavy atom. The first-order chi connectivity index (χ1) is 11.4. The molecule has 1 saturated heterocycles. The van der Waals surface area contributed by atoms with Crippen LogP contribution in [0.3, 0.4) is 0 Å². The minimum absolute atomic E-state index is 0.346. The van der Waals surface area contributed by atoms with Crippen LogP contribution in [0.1, 0.15) is 19.4 Å². The molecular weight excluding hydrogens is 310 g/mol. The first-order valence-electron chi connectivity index (χ1n) is 7.99. The summed E-state index contributed by atoms with van der Waals surface area (Å²) in [7, 11) is 0. The van der Waals surface area contributed by atoms with Gasteiger partial charge in [0.15, 0.2) is 0 Å². The van der Waals surface area contributed by atoms with Crippen molar-refractivity contribution in [3.63, 3.8) is 0 Å². The topological polar surface area (TPSA) is 84.1 Å². The molecule has 1 aromatic heterocycles. The molecule has 6 heteroatoms. The van der Waals surface area contributed by atoms with E-state index in [1.165, 1.54) is 0 Å². The van der Waals surface area contributed by atoms with E-state index in [2.05, 4.69) is 6.58 Å². The van der Waals surface area contributed by atoms with Crippen LogP contribution in [0.15, 0.2) is 37.0 Å². The third-order valence-electron chi connectivity index (χ3n) is 4.58. The van der Waals surface area contributed by atoms with Gasteiger partial charge in [0.05, 0.1) is 24.4 Å². The van der Waals surface area contributed by atoms with Gasteiger partial charge in [-0.3, -0.25) is 0 Å². The van der Waals surface area contributed by atoms with Crippen LogP contribution in [0.5, 0.6) is 0 Å². The molecule has 130 valence electrons. The van der Waals surface area contributed by atoms with Gasteiger partial charge in [0.2, 0.25) is 0 Å². The highest BCUT2D eigenvalue weighted by Crippen LogP contribution is 2.29. The fourth-order valence-electron chi connectivity index (χ4n) is 3.05. The van der Waals surface area contributed by atoms with Crippen LogP contribution < -0.4 is 4.84 Å². The molecule has 6 nitrogen and oxygen atoms in total. The van der Waals surface area contributed by atoms with Crippen LogP contribution in [-0.2, 0) is 4.74 Å². The van der Waals surface area contributed by atoms with Crippen molar-refractivity contribution in [1.29, 1.82) is 0 Å². The smallest absolute Gasteiger partial charge is 0.251 e. The molecule has 0 saturated carbocycles. The van der Waals surface area contributed by atoms with Crippen molar-refractivity contribution in [2.45, 2.75) is 38.4 Å². The van der Waals surface area contributed by atoms with Gasteiger partial charge in [-0.25, -0.2) is 0 Å². The Balaban J connectivity index is 1.93. The number of nitrogens with zero attached hydrogens (tertiary/aromatic N) is 1. The molecule has 3 N–H and O–H groups in total. The lowest BCUT2D eigenvalue weighted by Crippen LogP contribution is -2.57. The zero-order valence-corrected chi connectivity index (χ0v) is 13.8. The zero-order chi connectivity index (χ0) is 17.4. The number of benzene rings is 1. The molecule has 2 heterocycles. The third-order valence-corrected chi connectivity index (χ3v) is 4.58. The number of ether oxygens (including phenoxy) is 1. The quantitative estimate of drug-likeness (QED) is 0.782. The molecular formula is C18H23NO5. The molecule has 24 heavy (non-hydrogen) atoms. The Bertz CT molecular complexity index is 738. The number of hydrogen-bond donors (Lipinski definition) is 3. The molecule has 1 unspecified atom stereocenters. The summed E-state index contributed by atoms with van der Waals surface area (Å²) in [6, 6.07) is 7.70. The maximum atomic E-state index is 10.3. The largest absolute Gasteiger partial charge is 0.394 e. The molecule has 0 aliphatic carbocycles. The third kappa shape index (κ3) is 2.82. The number of aromatic nitrogens is 1. The van der Waals surface area contributed by atoms with Crippen molar-refractivity contribution in [3.05, 3.63) is 42.6 Å². The highest BCUT2D eigenvalue weighted by molar-refractivity contribution is 5.92. The number of hydrogen-bond acceptors (Lipinski definition) is 5. The van der Waals surface area contributed by atoms with Crippen molar-refractivity contribution >= 4 is 16.5 Å². The van der Waals surface area contributed by atoms with Crippen molar-refractivity contribution < 1.29 is 24.9 Å². The van der Waals surface area contributed by atoms with Gasteiger partial charge in [-0.2, -0.15) is 4.73 Å². The van der Waals surface area contributed by atoms with Gasteiger partial charge < -0.3 is 24.9 Å². The predicted octanol–water partition coefficient (Wildman–Crippen LogP) is 1.18. The maximum absolute atomic E-state index is 10.3. The second kappa shape index (κ2) is 6.57. The molecule has 1 aliphatic heterocycles. The van der Waals surface area contributed by atoms with Crippen LogP contribution in [0.2, 0.25) is 0 Å². The number of para-hydroxylation sites is 1. The van der Waals surface area contributed by atoms with Gasteiger partial charge in [-0.1, -0.05) is 31.7 Å². The van der Waals surface area contributed by atoms with Gasteiger partial charge in [-0.05, 0) is 18.6 Å². The SMILES string of the molecule is C=C(C)c1cn(OC2O[C@H](CO)[C@@H](O)[C@H](C)[C@H]2O)c2ccccc12. The fourth-order valence-corrected chi connectivity index (χ4v) is 3.05. The Labute approximate surface area is 140 Å². The lowest BCUT2D eigenvalue weighted by Gasteiger charge is -2.40. The van der Waals surface area contributed by atoms with Crippen molar-refractivity contribution in [2.75, 3.05) is 6.61 Å². The summed E-state index contributed by atoms with van der Waals surface area (Å²) in [4.78, 5) is 5.84. The van der Waals surface area contributed by atoms with Crippen LogP contribution >= 0.6 is 0 Å². The van der Waals surface area contributed by atoms with E-state index in [0.29, 0.717) is 0 Å². The van der Waals surface area contributed by atoms with Gasteiger partial charge in [0, 0.05) is 16.9 Å². The fraction of sp³-hybridized carbons (Fsp3) is 0.444. The predicted molar refractivity (Wildman–Crippen MR) is 90.2 cm³/mol. The summed E-state index contributed by atoms with van der Waals surface area (Å²) in [6.07, 6.45) is -1.95. The van der Waals surface area contributed by atoms with Crippen LogP contribution in [0.25, 0.3) is 16.5 Å². The van der Waals surface area contributed by atoms with Crippen molar-refractivity contribution in [3.8, 4) is 0 Å². The molecule has 0 amide bonds. The second-order valence-electron chi connectivity index (χ2n) is 6.34. The number of aliphatic hydroxyl groups excluding tert-OH is 3. The van der Waals surface area contributed by atoms with E-state index < -0.39 is 30.5 Å². The number of rotatable bonds is 4. The molecule has 1 aliphatic rings. The molecule has 5 atom stereocenters. The van der Waals surface area contributed by atoms with E-state index in [-0.39, 0.29) is 6.61 Å². The van der Waals surface area contributed by atoms with E-state index in [1.54, 1.807) is 17.9 Å². The Hall–Kier alpha value is -1.86. The summed E-state index contributed by atoms with van der Waals surface area (Å²) >= 11 is 0. The molecule has 0 spiro atoms. The number of aliphatic hydroxyl groups is 3. The highest BCUT2D eigenvalue weighted by atomic mass is 16.8. The van der Waals surface area contributed by atoms with Crippen LogP contribution in [0, 0.1) is 5.92 Å². The Morgan fingerprint density at radius 2 is 2.00 bits per heavy atom. The van der Waals surface area contributed by atoms with E-state index >= 15 is 0 Å². The summed E-state index contributed by atoms with van der Waals surface area (Å²) in [5.41, 5.74) is 2.67. The molecule has 1 aromatic carbocycles. The lowest BCUT2D eigenvalue weighted by molar-refractivity contribution is -0.285. The summed E-state index contributed by atoms with van der Waals surface area (Å²) in [6.45, 7) is 7.25. The van der Waals surface area contributed by atoms with Gasteiger partial charge in [-0.15, -0.1) is 0 Å². The monoisotopic (exact) mass is 333 g/mol. The van der Waals surface area contributed by atoms with Crippen LogP contribution in [0.4, 0.5) is 0 Å². The van der Waals surface area contributed by atoms with E-state index in [9.17, 15) is 15.3 Å². The van der Waals surface area contributed by atoms with E-state index in [4.69, 9.17) is 9.57 Å². The first kappa shape index (κ1) is 17.0. The average Bonchev–Trinajstić information content (AvgIpc) is 2.94. The molecule has 3 rings (SSSR count). The minimum Gasteiger partial charge on any atom is -0.394 e. The maximum Gasteiger partial charge on any atom is 0.251 e. The van der Waals surface area contributed by atoms with Crippen molar-refractivity contribution in [1.82, 2.24) is 4.73 Å². The summed E-state index contributed by atoms with van der Waals surface area (Å²) in [5, 5.41) is 30.7. The normalized spacial score (nSPS) is 30.5. The number of allylic oxidation sites excluding steroid dienone is 1. The highest BCUT2D eigenvalue weighted by Gasteiger charge is 2.43. The van der Waals surface area contributed by atoms with Gasteiger partial charge in [0.25, 0.3) is 6.29 Å². The van der Waals surface area contributed by atoms with Gasteiger partial charge in [0.1, 0.15) is 12.2 Å². The molecule has 2 aromatic rings. The first-order valence-corrected chi connectivity index (χ1v) is 7.99.